The summed E-state index contributed by atoms with van der Waals surface area (Å²) in [6.45, 7) is 1.45. The average Bonchev–Trinajstić information content (AvgIpc) is 2.82. The lowest BCUT2D eigenvalue weighted by Crippen LogP contribution is -2.27. The van der Waals surface area contributed by atoms with Gasteiger partial charge >= 0.3 is 0 Å². The Bertz CT molecular complexity index is 422. The molecular formula is C12H17NO2S. The summed E-state index contributed by atoms with van der Waals surface area (Å²) >= 11 is 0. The second kappa shape index (κ2) is 4.97. The minimum atomic E-state index is -2.92. The molecule has 0 radical (unpaired) electrons. The Labute approximate surface area is 96.8 Å². The first-order chi connectivity index (χ1) is 7.68. The summed E-state index contributed by atoms with van der Waals surface area (Å²) in [6.07, 6.45) is 1.39. The van der Waals surface area contributed by atoms with Crippen LogP contribution in [0.4, 0.5) is 0 Å². The van der Waals surface area contributed by atoms with Gasteiger partial charge in [-0.25, -0.2) is 8.42 Å². The largest absolute Gasteiger partial charge is 0.315 e. The third-order valence-corrected chi connectivity index (χ3v) is 5.23. The quantitative estimate of drug-likeness (QED) is 0.853. The van der Waals surface area contributed by atoms with Gasteiger partial charge in [-0.1, -0.05) is 30.3 Å². The van der Waals surface area contributed by atoms with Gasteiger partial charge in [0.15, 0.2) is 9.84 Å². The summed E-state index contributed by atoms with van der Waals surface area (Å²) in [6, 6.07) is 9.78. The van der Waals surface area contributed by atoms with Gasteiger partial charge in [0.05, 0.1) is 11.0 Å². The van der Waals surface area contributed by atoms with Crippen molar-refractivity contribution < 1.29 is 8.42 Å². The van der Waals surface area contributed by atoms with Gasteiger partial charge in [0, 0.05) is 6.54 Å². The summed E-state index contributed by atoms with van der Waals surface area (Å²) in [7, 11) is -2.92. The zero-order valence-corrected chi connectivity index (χ0v) is 10.0. The van der Waals surface area contributed by atoms with Crippen LogP contribution in [-0.4, -0.2) is 32.5 Å². The lowest BCUT2D eigenvalue weighted by atomic mass is 10.2. The molecule has 0 saturated carbocycles. The second-order valence-corrected chi connectivity index (χ2v) is 6.62. The minimum absolute atomic E-state index is 0.170. The molecule has 1 saturated heterocycles. The van der Waals surface area contributed by atoms with Gasteiger partial charge in [0.1, 0.15) is 0 Å². The normalized spacial score (nSPS) is 21.1. The maximum absolute atomic E-state index is 12.0. The van der Waals surface area contributed by atoms with Crippen LogP contribution in [0, 0.1) is 0 Å². The lowest BCUT2D eigenvalue weighted by Gasteiger charge is -2.10. The van der Waals surface area contributed by atoms with Crippen molar-refractivity contribution in [1.29, 1.82) is 0 Å². The predicted molar refractivity (Wildman–Crippen MR) is 65.2 cm³/mol. The molecule has 1 fully saturated rings. The van der Waals surface area contributed by atoms with Crippen LogP contribution >= 0.6 is 0 Å². The molecule has 3 nitrogen and oxygen atoms in total. The van der Waals surface area contributed by atoms with Crippen LogP contribution in [0.5, 0.6) is 0 Å². The Morgan fingerprint density at radius 1 is 1.25 bits per heavy atom. The van der Waals surface area contributed by atoms with Crippen molar-refractivity contribution in [2.24, 2.45) is 0 Å². The number of aryl methyl sites for hydroxylation is 1. The maximum Gasteiger partial charge on any atom is 0.154 e. The van der Waals surface area contributed by atoms with Crippen molar-refractivity contribution in [3.05, 3.63) is 35.9 Å². The van der Waals surface area contributed by atoms with Crippen molar-refractivity contribution in [2.75, 3.05) is 18.8 Å². The van der Waals surface area contributed by atoms with Crippen molar-refractivity contribution in [2.45, 2.75) is 18.1 Å². The molecule has 1 atom stereocenters. The van der Waals surface area contributed by atoms with Crippen LogP contribution in [0.1, 0.15) is 12.0 Å². The number of sulfone groups is 1. The predicted octanol–water partition coefficient (Wildman–Crippen LogP) is 1.01. The topological polar surface area (TPSA) is 46.2 Å². The summed E-state index contributed by atoms with van der Waals surface area (Å²) in [5, 5.41) is 2.93. The molecule has 1 heterocycles. The lowest BCUT2D eigenvalue weighted by molar-refractivity contribution is 0.582. The van der Waals surface area contributed by atoms with E-state index < -0.39 is 9.84 Å². The maximum atomic E-state index is 12.0. The van der Waals surface area contributed by atoms with E-state index in [1.807, 2.05) is 30.3 Å². The molecule has 1 N–H and O–H groups in total. The molecule has 1 aromatic rings. The molecule has 16 heavy (non-hydrogen) atoms. The van der Waals surface area contributed by atoms with Crippen LogP contribution in [-0.2, 0) is 16.3 Å². The molecule has 4 heteroatoms. The first-order valence-corrected chi connectivity index (χ1v) is 7.36. The molecule has 0 aliphatic carbocycles. The molecule has 1 aliphatic rings. The van der Waals surface area contributed by atoms with Crippen molar-refractivity contribution >= 4 is 9.84 Å². The fourth-order valence-electron chi connectivity index (χ4n) is 2.01. The van der Waals surface area contributed by atoms with E-state index in [1.54, 1.807) is 0 Å². The van der Waals surface area contributed by atoms with E-state index in [2.05, 4.69) is 5.32 Å². The van der Waals surface area contributed by atoms with Crippen LogP contribution in [0.15, 0.2) is 30.3 Å². The molecule has 0 amide bonds. The fraction of sp³-hybridized carbons (Fsp3) is 0.500. The number of rotatable bonds is 4. The highest BCUT2D eigenvalue weighted by molar-refractivity contribution is 7.92. The Kier molecular flexibility index (Phi) is 3.61. The van der Waals surface area contributed by atoms with Gasteiger partial charge < -0.3 is 5.32 Å². The Morgan fingerprint density at radius 2 is 2.00 bits per heavy atom. The summed E-state index contributed by atoms with van der Waals surface area (Å²) in [4.78, 5) is 0. The van der Waals surface area contributed by atoms with E-state index in [1.165, 1.54) is 0 Å². The average molecular weight is 239 g/mol. The van der Waals surface area contributed by atoms with Crippen LogP contribution < -0.4 is 5.32 Å². The molecule has 0 spiro atoms. The van der Waals surface area contributed by atoms with Gasteiger partial charge in [-0.2, -0.15) is 0 Å². The first-order valence-electron chi connectivity index (χ1n) is 5.65. The van der Waals surface area contributed by atoms with Crippen LogP contribution in [0.3, 0.4) is 0 Å². The van der Waals surface area contributed by atoms with Gasteiger partial charge in [-0.05, 0) is 24.9 Å². The molecule has 0 aromatic heterocycles. The molecule has 88 valence electrons. The SMILES string of the molecule is O=S(=O)(CCc1ccccc1)C1CCNC1. The van der Waals surface area contributed by atoms with Crippen LogP contribution in [0.25, 0.3) is 0 Å². The van der Waals surface area contributed by atoms with E-state index >= 15 is 0 Å². The molecule has 0 bridgehead atoms. The number of nitrogens with one attached hydrogen (secondary N) is 1. The highest BCUT2D eigenvalue weighted by Crippen LogP contribution is 2.12. The first kappa shape index (κ1) is 11.6. The third-order valence-electron chi connectivity index (χ3n) is 3.04. The van der Waals surface area contributed by atoms with Gasteiger partial charge in [-0.15, -0.1) is 0 Å². The third kappa shape index (κ3) is 2.83. The number of hydrogen-bond donors (Lipinski definition) is 1. The Hall–Kier alpha value is -0.870. The number of benzene rings is 1. The van der Waals surface area contributed by atoms with Crippen LogP contribution in [0.2, 0.25) is 0 Å². The summed E-state index contributed by atoms with van der Waals surface area (Å²) in [5.74, 6) is 0.267. The van der Waals surface area contributed by atoms with E-state index in [-0.39, 0.29) is 11.0 Å². The van der Waals surface area contributed by atoms with Crippen molar-refractivity contribution in [3.8, 4) is 0 Å². The molecule has 2 rings (SSSR count). The molecular weight excluding hydrogens is 222 g/mol. The fourth-order valence-corrected chi connectivity index (χ4v) is 3.71. The standard InChI is InChI=1S/C12H17NO2S/c14-16(15,12-6-8-13-10-12)9-7-11-4-2-1-3-5-11/h1-5,12-13H,6-10H2. The van der Waals surface area contributed by atoms with Crippen molar-refractivity contribution in [1.82, 2.24) is 5.32 Å². The summed E-state index contributed by atoms with van der Waals surface area (Å²) in [5.41, 5.74) is 1.09. The zero-order chi connectivity index (χ0) is 11.4. The Balaban J connectivity index is 1.94. The van der Waals surface area contributed by atoms with E-state index in [9.17, 15) is 8.42 Å². The van der Waals surface area contributed by atoms with E-state index in [4.69, 9.17) is 0 Å². The highest BCUT2D eigenvalue weighted by Gasteiger charge is 2.27. The minimum Gasteiger partial charge on any atom is -0.315 e. The van der Waals surface area contributed by atoms with E-state index in [0.29, 0.717) is 13.0 Å². The highest BCUT2D eigenvalue weighted by atomic mass is 32.2. The van der Waals surface area contributed by atoms with Gasteiger partial charge in [0.25, 0.3) is 0 Å². The zero-order valence-electron chi connectivity index (χ0n) is 9.22. The summed E-state index contributed by atoms with van der Waals surface area (Å²) < 4.78 is 23.9. The van der Waals surface area contributed by atoms with Gasteiger partial charge in [-0.3, -0.25) is 0 Å². The monoisotopic (exact) mass is 239 g/mol. The van der Waals surface area contributed by atoms with Crippen molar-refractivity contribution in [3.63, 3.8) is 0 Å². The number of hydrogen-bond acceptors (Lipinski definition) is 3. The second-order valence-electron chi connectivity index (χ2n) is 4.22. The smallest absolute Gasteiger partial charge is 0.154 e. The molecule has 1 unspecified atom stereocenters. The molecule has 1 aliphatic heterocycles. The van der Waals surface area contributed by atoms with E-state index in [0.717, 1.165) is 18.5 Å². The van der Waals surface area contributed by atoms with Gasteiger partial charge in [0.2, 0.25) is 0 Å². The molecule has 1 aromatic carbocycles. The Morgan fingerprint density at radius 3 is 2.62 bits per heavy atom.